The molecule has 0 saturated carbocycles. The molecule has 0 unspecified atom stereocenters. The predicted octanol–water partition coefficient (Wildman–Crippen LogP) is 2.03. The van der Waals surface area contributed by atoms with E-state index in [9.17, 15) is 14.9 Å². The van der Waals surface area contributed by atoms with Crippen LogP contribution in [0.1, 0.15) is 29.6 Å². The molecule has 0 bridgehead atoms. The lowest BCUT2D eigenvalue weighted by Gasteiger charge is -2.08. The van der Waals surface area contributed by atoms with Crippen molar-refractivity contribution in [3.05, 3.63) is 33.9 Å². The number of hydrogen-bond acceptors (Lipinski definition) is 5. The normalized spacial score (nSPS) is 9.60. The van der Waals surface area contributed by atoms with Crippen LogP contribution in [-0.2, 0) is 0 Å². The van der Waals surface area contributed by atoms with Crippen LogP contribution >= 0.6 is 0 Å². The zero-order chi connectivity index (χ0) is 15.0. The molecule has 106 valence electrons. The van der Waals surface area contributed by atoms with Gasteiger partial charge in [-0.2, -0.15) is 5.26 Å². The summed E-state index contributed by atoms with van der Waals surface area (Å²) < 4.78 is 4.99. The van der Waals surface area contributed by atoms with Crippen LogP contribution < -0.4 is 10.1 Å². The van der Waals surface area contributed by atoms with Crippen molar-refractivity contribution in [3.63, 3.8) is 0 Å². The molecule has 0 aliphatic carbocycles. The molecule has 0 aliphatic heterocycles. The summed E-state index contributed by atoms with van der Waals surface area (Å²) in [4.78, 5) is 22.0. The van der Waals surface area contributed by atoms with Crippen molar-refractivity contribution in [1.29, 1.82) is 5.26 Å². The molecule has 0 spiro atoms. The first-order valence-electron chi connectivity index (χ1n) is 6.07. The molecule has 1 N–H and O–H groups in total. The maximum atomic E-state index is 11.9. The highest BCUT2D eigenvalue weighted by Crippen LogP contribution is 2.24. The fourth-order valence-electron chi connectivity index (χ4n) is 1.61. The van der Waals surface area contributed by atoms with Gasteiger partial charge in [-0.15, -0.1) is 0 Å². The Morgan fingerprint density at radius 3 is 2.85 bits per heavy atom. The van der Waals surface area contributed by atoms with E-state index in [1.54, 1.807) is 0 Å². The third-order valence-corrected chi connectivity index (χ3v) is 2.64. The number of rotatable bonds is 7. The van der Waals surface area contributed by atoms with Gasteiger partial charge in [0.05, 0.1) is 29.7 Å². The molecule has 1 aromatic rings. The number of carbonyl (C=O) groups excluding carboxylic acids is 1. The minimum Gasteiger partial charge on any atom is -0.496 e. The van der Waals surface area contributed by atoms with Crippen molar-refractivity contribution in [2.24, 2.45) is 0 Å². The van der Waals surface area contributed by atoms with Gasteiger partial charge in [0.2, 0.25) is 0 Å². The Bertz CT molecular complexity index is 537. The third-order valence-electron chi connectivity index (χ3n) is 2.64. The highest BCUT2D eigenvalue weighted by atomic mass is 16.6. The SMILES string of the molecule is COc1cc([N+](=O)[O-])ccc1C(=O)NCCCCC#N. The molecule has 0 heterocycles. The van der Waals surface area contributed by atoms with Gasteiger partial charge in [-0.3, -0.25) is 14.9 Å². The Balaban J connectivity index is 2.68. The first-order valence-corrected chi connectivity index (χ1v) is 6.07. The average molecular weight is 277 g/mol. The van der Waals surface area contributed by atoms with Gasteiger partial charge in [0.15, 0.2) is 0 Å². The fourth-order valence-corrected chi connectivity index (χ4v) is 1.61. The van der Waals surface area contributed by atoms with Gasteiger partial charge in [0.1, 0.15) is 5.75 Å². The van der Waals surface area contributed by atoms with Gasteiger partial charge >= 0.3 is 0 Å². The average Bonchev–Trinajstić information content (AvgIpc) is 2.46. The van der Waals surface area contributed by atoms with E-state index in [2.05, 4.69) is 5.32 Å². The molecule has 1 rings (SSSR count). The Morgan fingerprint density at radius 1 is 1.50 bits per heavy atom. The van der Waals surface area contributed by atoms with Crippen LogP contribution in [-0.4, -0.2) is 24.5 Å². The molecule has 0 aromatic heterocycles. The number of ether oxygens (including phenoxy) is 1. The number of nitro benzene ring substituents is 1. The first-order chi connectivity index (χ1) is 9.60. The Morgan fingerprint density at radius 2 is 2.25 bits per heavy atom. The molecule has 20 heavy (non-hydrogen) atoms. The third kappa shape index (κ3) is 4.24. The number of nitrogens with zero attached hydrogens (tertiary/aromatic N) is 2. The fraction of sp³-hybridized carbons (Fsp3) is 0.385. The number of nitro groups is 1. The molecule has 0 aliphatic rings. The van der Waals surface area contributed by atoms with Gasteiger partial charge in [0.25, 0.3) is 11.6 Å². The first kappa shape index (κ1) is 15.4. The minimum atomic E-state index is -0.550. The van der Waals surface area contributed by atoms with Gasteiger partial charge in [-0.1, -0.05) is 0 Å². The van der Waals surface area contributed by atoms with Crippen LogP contribution in [0.4, 0.5) is 5.69 Å². The number of benzene rings is 1. The second kappa shape index (κ2) is 7.74. The van der Waals surface area contributed by atoms with E-state index in [0.717, 1.165) is 0 Å². The molecule has 0 fully saturated rings. The summed E-state index contributed by atoms with van der Waals surface area (Å²) in [6, 6.07) is 5.86. The number of hydrogen-bond donors (Lipinski definition) is 1. The van der Waals surface area contributed by atoms with Crippen LogP contribution in [0.2, 0.25) is 0 Å². The highest BCUT2D eigenvalue weighted by molar-refractivity contribution is 5.97. The Labute approximate surface area is 116 Å². The van der Waals surface area contributed by atoms with Crippen LogP contribution in [0.15, 0.2) is 18.2 Å². The minimum absolute atomic E-state index is 0.132. The molecule has 7 nitrogen and oxygen atoms in total. The summed E-state index contributed by atoms with van der Waals surface area (Å²) in [7, 11) is 1.35. The summed E-state index contributed by atoms with van der Waals surface area (Å²) in [6.07, 6.45) is 1.87. The monoisotopic (exact) mass is 277 g/mol. The van der Waals surface area contributed by atoms with Crippen LogP contribution in [0, 0.1) is 21.4 Å². The smallest absolute Gasteiger partial charge is 0.273 e. The number of nitrogens with one attached hydrogen (secondary N) is 1. The highest BCUT2D eigenvalue weighted by Gasteiger charge is 2.16. The summed E-state index contributed by atoms with van der Waals surface area (Å²) >= 11 is 0. The molecular formula is C13H15N3O4. The van der Waals surface area contributed by atoms with E-state index in [0.29, 0.717) is 25.8 Å². The second-order valence-corrected chi connectivity index (χ2v) is 4.01. The van der Waals surface area contributed by atoms with E-state index in [4.69, 9.17) is 10.00 Å². The maximum absolute atomic E-state index is 11.9. The van der Waals surface area contributed by atoms with Crippen molar-refractivity contribution in [3.8, 4) is 11.8 Å². The van der Waals surface area contributed by atoms with E-state index in [-0.39, 0.29) is 22.9 Å². The number of unbranched alkanes of at least 4 members (excludes halogenated alkanes) is 2. The van der Waals surface area contributed by atoms with E-state index in [1.807, 2.05) is 6.07 Å². The molecular weight excluding hydrogens is 262 g/mol. The van der Waals surface area contributed by atoms with Gasteiger partial charge in [0, 0.05) is 19.0 Å². The van der Waals surface area contributed by atoms with E-state index in [1.165, 1.54) is 25.3 Å². The second-order valence-electron chi connectivity index (χ2n) is 4.01. The molecule has 1 amide bonds. The topological polar surface area (TPSA) is 105 Å². The molecule has 0 saturated heterocycles. The standard InChI is InChI=1S/C13H15N3O4/c1-20-12-9-10(16(18)19)5-6-11(12)13(17)15-8-4-2-3-7-14/h5-6,9H,2-4,8H2,1H3,(H,15,17). The predicted molar refractivity (Wildman–Crippen MR) is 71.4 cm³/mol. The lowest BCUT2D eigenvalue weighted by atomic mass is 10.1. The number of non-ortho nitro benzene ring substituents is 1. The number of amides is 1. The molecule has 0 atom stereocenters. The van der Waals surface area contributed by atoms with E-state index >= 15 is 0 Å². The summed E-state index contributed by atoms with van der Waals surface area (Å²) in [6.45, 7) is 0.445. The van der Waals surface area contributed by atoms with Crippen molar-refractivity contribution in [1.82, 2.24) is 5.32 Å². The number of methoxy groups -OCH3 is 1. The number of carbonyl (C=O) groups is 1. The Kier molecular flexibility index (Phi) is 5.97. The lowest BCUT2D eigenvalue weighted by Crippen LogP contribution is -2.24. The summed E-state index contributed by atoms with van der Waals surface area (Å²) in [5, 5.41) is 21.7. The van der Waals surface area contributed by atoms with Crippen molar-refractivity contribution < 1.29 is 14.5 Å². The van der Waals surface area contributed by atoms with Crippen molar-refractivity contribution >= 4 is 11.6 Å². The van der Waals surface area contributed by atoms with Crippen LogP contribution in [0.5, 0.6) is 5.75 Å². The summed E-state index contributed by atoms with van der Waals surface area (Å²) in [5.74, 6) is -0.192. The molecule has 7 heteroatoms. The molecule has 0 radical (unpaired) electrons. The largest absolute Gasteiger partial charge is 0.496 e. The quantitative estimate of drug-likeness (QED) is 0.466. The number of nitriles is 1. The zero-order valence-electron chi connectivity index (χ0n) is 11.1. The maximum Gasteiger partial charge on any atom is 0.273 e. The van der Waals surface area contributed by atoms with Crippen LogP contribution in [0.25, 0.3) is 0 Å². The van der Waals surface area contributed by atoms with Crippen LogP contribution in [0.3, 0.4) is 0 Å². The van der Waals surface area contributed by atoms with Gasteiger partial charge < -0.3 is 10.1 Å². The van der Waals surface area contributed by atoms with E-state index < -0.39 is 4.92 Å². The zero-order valence-corrected chi connectivity index (χ0v) is 11.1. The Hall–Kier alpha value is -2.62. The molecule has 1 aromatic carbocycles. The lowest BCUT2D eigenvalue weighted by molar-refractivity contribution is -0.384. The van der Waals surface area contributed by atoms with Gasteiger partial charge in [-0.25, -0.2) is 0 Å². The summed E-state index contributed by atoms with van der Waals surface area (Å²) in [5.41, 5.74) is 0.116. The van der Waals surface area contributed by atoms with Crippen molar-refractivity contribution in [2.45, 2.75) is 19.3 Å². The van der Waals surface area contributed by atoms with Gasteiger partial charge in [-0.05, 0) is 18.9 Å². The van der Waals surface area contributed by atoms with Crippen molar-refractivity contribution in [2.75, 3.05) is 13.7 Å².